The van der Waals surface area contributed by atoms with E-state index in [0.29, 0.717) is 0 Å². The van der Waals surface area contributed by atoms with Crippen LogP contribution in [0.1, 0.15) is 5.56 Å². The fourth-order valence-corrected chi connectivity index (χ4v) is 0.587. The summed E-state index contributed by atoms with van der Waals surface area (Å²) in [6, 6.07) is 7.80. The van der Waals surface area contributed by atoms with E-state index in [1.807, 2.05) is 31.2 Å². The second-order valence-electron chi connectivity index (χ2n) is 1.86. The van der Waals surface area contributed by atoms with Gasteiger partial charge < -0.3 is 5.73 Å². The molecule has 1 rings (SSSR count). The molecule has 1 nitrogen and oxygen atoms in total. The van der Waals surface area contributed by atoms with Crippen molar-refractivity contribution < 1.29 is 0 Å². The molecule has 0 radical (unpaired) electrons. The Morgan fingerprint density at radius 2 is 1.78 bits per heavy atom. The van der Waals surface area contributed by atoms with E-state index in [4.69, 9.17) is 5.73 Å². The van der Waals surface area contributed by atoms with Gasteiger partial charge in [0.25, 0.3) is 0 Å². The van der Waals surface area contributed by atoms with Crippen molar-refractivity contribution in [1.82, 2.24) is 0 Å². The standard InChI is InChI=1S/C7H9N.GeH4/c1-6-4-2-3-5-7(6)8;/h2-5H,8H2,1H3;1H4. The van der Waals surface area contributed by atoms with Gasteiger partial charge in [-0.25, -0.2) is 0 Å². The molecule has 0 bridgehead atoms. The molecule has 0 atom stereocenters. The summed E-state index contributed by atoms with van der Waals surface area (Å²) in [4.78, 5) is 0. The molecule has 2 N–H and O–H groups in total. The van der Waals surface area contributed by atoms with Crippen molar-refractivity contribution in [2.45, 2.75) is 6.92 Å². The third-order valence-electron chi connectivity index (χ3n) is 1.19. The monoisotopic (exact) mass is 185 g/mol. The SMILES string of the molecule is Cc1ccccc1N.[GeH4]. The van der Waals surface area contributed by atoms with E-state index in [0.717, 1.165) is 11.3 Å². The molecule has 0 spiro atoms. The Morgan fingerprint density at radius 1 is 1.22 bits per heavy atom. The molecule has 0 amide bonds. The Bertz CT molecular complexity index is 165. The van der Waals surface area contributed by atoms with Crippen LogP contribution in [-0.4, -0.2) is 17.6 Å². The number of nitrogens with two attached hydrogens (primary N) is 1. The first kappa shape index (κ1) is 8.56. The van der Waals surface area contributed by atoms with Crippen LogP contribution in [0, 0.1) is 6.92 Å². The van der Waals surface area contributed by atoms with Gasteiger partial charge in [0.1, 0.15) is 0 Å². The van der Waals surface area contributed by atoms with E-state index in [-0.39, 0.29) is 17.6 Å². The molecular formula is C7H13GeN. The van der Waals surface area contributed by atoms with Crippen LogP contribution in [0.4, 0.5) is 5.69 Å². The molecule has 0 saturated heterocycles. The predicted molar refractivity (Wildman–Crippen MR) is 46.9 cm³/mol. The molecule has 0 aliphatic heterocycles. The summed E-state index contributed by atoms with van der Waals surface area (Å²) in [5.41, 5.74) is 7.53. The van der Waals surface area contributed by atoms with Crippen LogP contribution in [0.25, 0.3) is 0 Å². The van der Waals surface area contributed by atoms with Crippen LogP contribution in [0.2, 0.25) is 0 Å². The third-order valence-corrected chi connectivity index (χ3v) is 1.19. The zero-order valence-electron chi connectivity index (χ0n) is 4.89. The number of hydrogen-bond acceptors (Lipinski definition) is 1. The van der Waals surface area contributed by atoms with Crippen LogP contribution in [-0.2, 0) is 0 Å². The van der Waals surface area contributed by atoms with Gasteiger partial charge >= 0.3 is 17.6 Å². The predicted octanol–water partition coefficient (Wildman–Crippen LogP) is 0.126. The minimum atomic E-state index is 0. The molecular weight excluding hydrogens is 171 g/mol. The zero-order chi connectivity index (χ0) is 5.98. The fraction of sp³-hybridized carbons (Fsp3) is 0.143. The van der Waals surface area contributed by atoms with E-state index in [1.54, 1.807) is 0 Å². The molecule has 0 unspecified atom stereocenters. The third kappa shape index (κ3) is 2.10. The summed E-state index contributed by atoms with van der Waals surface area (Å²) < 4.78 is 0. The summed E-state index contributed by atoms with van der Waals surface area (Å²) in [7, 11) is 0. The average molecular weight is 184 g/mol. The summed E-state index contributed by atoms with van der Waals surface area (Å²) in [6.07, 6.45) is 0. The van der Waals surface area contributed by atoms with Crippen molar-refractivity contribution in [3.05, 3.63) is 29.8 Å². The molecule has 9 heavy (non-hydrogen) atoms. The first-order chi connectivity index (χ1) is 3.80. The normalized spacial score (nSPS) is 8.11. The van der Waals surface area contributed by atoms with E-state index >= 15 is 0 Å². The Labute approximate surface area is 66.2 Å². The van der Waals surface area contributed by atoms with E-state index in [9.17, 15) is 0 Å². The van der Waals surface area contributed by atoms with E-state index < -0.39 is 0 Å². The van der Waals surface area contributed by atoms with Crippen molar-refractivity contribution in [3.63, 3.8) is 0 Å². The Hall–Kier alpha value is -0.437. The van der Waals surface area contributed by atoms with E-state index in [1.165, 1.54) is 0 Å². The number of aryl methyl sites for hydroxylation is 1. The summed E-state index contributed by atoms with van der Waals surface area (Å²) in [5, 5.41) is 0. The zero-order valence-corrected chi connectivity index (χ0v) is 4.89. The first-order valence-corrected chi connectivity index (χ1v) is 2.62. The molecule has 0 saturated carbocycles. The summed E-state index contributed by atoms with van der Waals surface area (Å²) in [5.74, 6) is 0. The Morgan fingerprint density at radius 3 is 2.11 bits per heavy atom. The van der Waals surface area contributed by atoms with Crippen molar-refractivity contribution in [3.8, 4) is 0 Å². The first-order valence-electron chi connectivity index (χ1n) is 2.62. The number of benzene rings is 1. The topological polar surface area (TPSA) is 26.0 Å². The second kappa shape index (κ2) is 3.56. The minimum absolute atomic E-state index is 0. The van der Waals surface area contributed by atoms with Crippen molar-refractivity contribution >= 4 is 23.3 Å². The van der Waals surface area contributed by atoms with Crippen molar-refractivity contribution in [2.75, 3.05) is 5.73 Å². The second-order valence-corrected chi connectivity index (χ2v) is 1.86. The van der Waals surface area contributed by atoms with Gasteiger partial charge in [0.2, 0.25) is 0 Å². The van der Waals surface area contributed by atoms with Gasteiger partial charge in [-0.1, -0.05) is 18.2 Å². The van der Waals surface area contributed by atoms with Crippen LogP contribution >= 0.6 is 0 Å². The summed E-state index contributed by atoms with van der Waals surface area (Å²) in [6.45, 7) is 2.00. The molecule has 0 aliphatic rings. The number of para-hydroxylation sites is 1. The molecule has 50 valence electrons. The number of rotatable bonds is 0. The fourth-order valence-electron chi connectivity index (χ4n) is 0.587. The molecule has 0 fully saturated rings. The molecule has 0 aliphatic carbocycles. The molecule has 1 aromatic rings. The maximum atomic E-state index is 5.52. The van der Waals surface area contributed by atoms with E-state index in [2.05, 4.69) is 0 Å². The molecule has 0 heterocycles. The molecule has 2 heteroatoms. The maximum absolute atomic E-state index is 5.52. The molecule has 1 aromatic carbocycles. The Kier molecular flexibility index (Phi) is 3.39. The number of hydrogen-bond donors (Lipinski definition) is 1. The van der Waals surface area contributed by atoms with Gasteiger partial charge in [-0.05, 0) is 18.6 Å². The van der Waals surface area contributed by atoms with Gasteiger partial charge in [-0.2, -0.15) is 0 Å². The van der Waals surface area contributed by atoms with Crippen LogP contribution in [0.3, 0.4) is 0 Å². The van der Waals surface area contributed by atoms with Crippen molar-refractivity contribution in [1.29, 1.82) is 0 Å². The summed E-state index contributed by atoms with van der Waals surface area (Å²) >= 11 is 0. The molecule has 0 aromatic heterocycles. The Balaban J connectivity index is 0.000000640. The van der Waals surface area contributed by atoms with Crippen LogP contribution < -0.4 is 5.73 Å². The van der Waals surface area contributed by atoms with Crippen molar-refractivity contribution in [2.24, 2.45) is 0 Å². The van der Waals surface area contributed by atoms with Gasteiger partial charge in [0.05, 0.1) is 0 Å². The van der Waals surface area contributed by atoms with Gasteiger partial charge in [0.15, 0.2) is 0 Å². The number of anilines is 1. The average Bonchev–Trinajstić information content (AvgIpc) is 1.77. The van der Waals surface area contributed by atoms with Gasteiger partial charge in [-0.3, -0.25) is 0 Å². The number of nitrogen functional groups attached to an aromatic ring is 1. The van der Waals surface area contributed by atoms with Crippen LogP contribution in [0.15, 0.2) is 24.3 Å². The van der Waals surface area contributed by atoms with Gasteiger partial charge in [-0.15, -0.1) is 0 Å². The van der Waals surface area contributed by atoms with Gasteiger partial charge in [0, 0.05) is 5.69 Å². The van der Waals surface area contributed by atoms with Crippen LogP contribution in [0.5, 0.6) is 0 Å². The quantitative estimate of drug-likeness (QED) is 0.449.